The second-order valence-corrected chi connectivity index (χ2v) is 6.03. The lowest BCUT2D eigenvalue weighted by Gasteiger charge is -2.05. The van der Waals surface area contributed by atoms with E-state index < -0.39 is 10.0 Å². The number of pyridine rings is 1. The van der Waals surface area contributed by atoms with Crippen LogP contribution in [0.25, 0.3) is 0 Å². The zero-order chi connectivity index (χ0) is 14.8. The van der Waals surface area contributed by atoms with Crippen molar-refractivity contribution in [3.05, 3.63) is 36.4 Å². The number of nitrogens with one attached hydrogen (secondary N) is 1. The minimum absolute atomic E-state index is 0.0862. The van der Waals surface area contributed by atoms with Gasteiger partial charge in [0.25, 0.3) is 10.0 Å². The molecule has 0 amide bonds. The fourth-order valence-electron chi connectivity index (χ4n) is 1.48. The lowest BCUT2D eigenvalue weighted by molar-refractivity contribution is 0.591. The lowest BCUT2D eigenvalue weighted by Crippen LogP contribution is -2.14. The summed E-state index contributed by atoms with van der Waals surface area (Å²) in [5.74, 6) is 0.0862. The van der Waals surface area contributed by atoms with Gasteiger partial charge in [-0.05, 0) is 26.0 Å². The Bertz CT molecular complexity index is 758. The van der Waals surface area contributed by atoms with Gasteiger partial charge in [-0.2, -0.15) is 13.7 Å². The number of rotatable bonds is 4. The molecule has 0 bridgehead atoms. The van der Waals surface area contributed by atoms with Crippen LogP contribution in [0.3, 0.4) is 0 Å². The molecular weight excluding hydrogens is 278 g/mol. The van der Waals surface area contributed by atoms with Gasteiger partial charge < -0.3 is 4.57 Å². The molecule has 0 radical (unpaired) electrons. The summed E-state index contributed by atoms with van der Waals surface area (Å²) in [6, 6.07) is 4.88. The molecule has 0 aromatic carbocycles. The smallest absolute Gasteiger partial charge is 0.282 e. The van der Waals surface area contributed by atoms with Gasteiger partial charge >= 0.3 is 0 Å². The molecule has 1 N–H and O–H groups in total. The van der Waals surface area contributed by atoms with Crippen LogP contribution in [0.5, 0.6) is 0 Å². The van der Waals surface area contributed by atoms with Crippen molar-refractivity contribution in [2.45, 2.75) is 24.9 Å². The molecule has 2 aromatic heterocycles. The third-order valence-electron chi connectivity index (χ3n) is 2.58. The van der Waals surface area contributed by atoms with E-state index in [0.717, 1.165) is 0 Å². The number of sulfonamides is 1. The van der Waals surface area contributed by atoms with Crippen LogP contribution in [-0.2, 0) is 10.0 Å². The number of imidazole rings is 1. The van der Waals surface area contributed by atoms with E-state index in [0.29, 0.717) is 5.56 Å². The van der Waals surface area contributed by atoms with Gasteiger partial charge in [-0.25, -0.2) is 9.97 Å². The molecule has 0 aliphatic carbocycles. The highest BCUT2D eigenvalue weighted by atomic mass is 32.2. The van der Waals surface area contributed by atoms with Crippen molar-refractivity contribution in [2.24, 2.45) is 0 Å². The molecule has 0 atom stereocenters. The average Bonchev–Trinajstić information content (AvgIpc) is 2.89. The Morgan fingerprint density at radius 2 is 2.15 bits per heavy atom. The predicted octanol–water partition coefficient (Wildman–Crippen LogP) is 1.53. The SMILES string of the molecule is CC(C)n1cnc(S(=O)(=O)Nc2cc(C#N)ccn2)c1. The molecule has 0 unspecified atom stereocenters. The quantitative estimate of drug-likeness (QED) is 0.920. The van der Waals surface area contributed by atoms with Crippen molar-refractivity contribution in [2.75, 3.05) is 4.72 Å². The number of hydrogen-bond donors (Lipinski definition) is 1. The van der Waals surface area contributed by atoms with Crippen LogP contribution in [0.2, 0.25) is 0 Å². The summed E-state index contributed by atoms with van der Waals surface area (Å²) in [6.07, 6.45) is 4.27. The maximum absolute atomic E-state index is 12.1. The van der Waals surface area contributed by atoms with Crippen LogP contribution >= 0.6 is 0 Å². The van der Waals surface area contributed by atoms with E-state index >= 15 is 0 Å². The van der Waals surface area contributed by atoms with Crippen molar-refractivity contribution in [3.8, 4) is 6.07 Å². The highest BCUT2D eigenvalue weighted by molar-refractivity contribution is 7.92. The summed E-state index contributed by atoms with van der Waals surface area (Å²) in [7, 11) is -3.80. The van der Waals surface area contributed by atoms with Gasteiger partial charge in [0, 0.05) is 18.4 Å². The van der Waals surface area contributed by atoms with Crippen molar-refractivity contribution in [3.63, 3.8) is 0 Å². The summed E-state index contributed by atoms with van der Waals surface area (Å²) in [4.78, 5) is 7.73. The zero-order valence-corrected chi connectivity index (χ0v) is 11.8. The van der Waals surface area contributed by atoms with Crippen LogP contribution in [0, 0.1) is 11.3 Å². The molecule has 0 fully saturated rings. The van der Waals surface area contributed by atoms with Crippen molar-refractivity contribution in [1.82, 2.24) is 14.5 Å². The normalized spacial score (nSPS) is 11.3. The molecule has 8 heteroatoms. The summed E-state index contributed by atoms with van der Waals surface area (Å²) >= 11 is 0. The monoisotopic (exact) mass is 291 g/mol. The van der Waals surface area contributed by atoms with Crippen LogP contribution in [0.1, 0.15) is 25.5 Å². The Hall–Kier alpha value is -2.40. The summed E-state index contributed by atoms with van der Waals surface area (Å²) in [5, 5.41) is 8.68. The topological polar surface area (TPSA) is 101 Å². The van der Waals surface area contributed by atoms with E-state index in [1.54, 1.807) is 4.57 Å². The third-order valence-corrected chi connectivity index (χ3v) is 3.82. The molecule has 2 aromatic rings. The maximum Gasteiger partial charge on any atom is 0.282 e. The van der Waals surface area contributed by atoms with Gasteiger partial charge in [-0.15, -0.1) is 0 Å². The number of nitrogens with zero attached hydrogens (tertiary/aromatic N) is 4. The van der Waals surface area contributed by atoms with Gasteiger partial charge in [-0.1, -0.05) is 0 Å². The van der Waals surface area contributed by atoms with E-state index in [1.807, 2.05) is 19.9 Å². The zero-order valence-electron chi connectivity index (χ0n) is 11.0. The number of aromatic nitrogens is 3. The molecule has 0 saturated carbocycles. The Morgan fingerprint density at radius 1 is 1.40 bits per heavy atom. The summed E-state index contributed by atoms with van der Waals surface area (Å²) in [5.41, 5.74) is 0.324. The van der Waals surface area contributed by atoms with Crippen molar-refractivity contribution < 1.29 is 8.42 Å². The van der Waals surface area contributed by atoms with E-state index in [-0.39, 0.29) is 16.9 Å². The lowest BCUT2D eigenvalue weighted by atomic mass is 10.3. The molecule has 104 valence electrons. The summed E-state index contributed by atoms with van der Waals surface area (Å²) in [6.45, 7) is 3.84. The molecular formula is C12H13N5O2S. The van der Waals surface area contributed by atoms with Gasteiger partial charge in [0.2, 0.25) is 0 Å². The Morgan fingerprint density at radius 3 is 2.75 bits per heavy atom. The van der Waals surface area contributed by atoms with Crippen LogP contribution in [-0.4, -0.2) is 23.0 Å². The minimum Gasteiger partial charge on any atom is -0.334 e. The highest BCUT2D eigenvalue weighted by Crippen LogP contribution is 2.15. The molecule has 20 heavy (non-hydrogen) atoms. The molecule has 7 nitrogen and oxygen atoms in total. The molecule has 0 aliphatic rings. The Kier molecular flexibility index (Phi) is 3.72. The molecule has 0 aliphatic heterocycles. The van der Waals surface area contributed by atoms with Gasteiger partial charge in [-0.3, -0.25) is 4.72 Å². The first-order valence-electron chi connectivity index (χ1n) is 5.85. The second kappa shape index (κ2) is 5.30. The van der Waals surface area contributed by atoms with E-state index in [2.05, 4.69) is 14.7 Å². The van der Waals surface area contributed by atoms with Crippen LogP contribution in [0.15, 0.2) is 35.9 Å². The fraction of sp³-hybridized carbons (Fsp3) is 0.250. The first kappa shape index (κ1) is 14.0. The van der Waals surface area contributed by atoms with E-state index in [1.165, 1.54) is 30.9 Å². The largest absolute Gasteiger partial charge is 0.334 e. The van der Waals surface area contributed by atoms with Gasteiger partial charge in [0.05, 0.1) is 18.0 Å². The van der Waals surface area contributed by atoms with Crippen LogP contribution < -0.4 is 4.72 Å². The second-order valence-electron chi connectivity index (χ2n) is 4.40. The highest BCUT2D eigenvalue weighted by Gasteiger charge is 2.18. The third kappa shape index (κ3) is 2.95. The predicted molar refractivity (Wildman–Crippen MR) is 72.4 cm³/mol. The Labute approximate surface area is 117 Å². The minimum atomic E-state index is -3.80. The average molecular weight is 291 g/mol. The van der Waals surface area contributed by atoms with Gasteiger partial charge in [0.1, 0.15) is 5.82 Å². The molecule has 2 rings (SSSR count). The molecule has 0 saturated heterocycles. The van der Waals surface area contributed by atoms with Crippen molar-refractivity contribution >= 4 is 15.8 Å². The van der Waals surface area contributed by atoms with E-state index in [9.17, 15) is 8.42 Å². The molecule has 2 heterocycles. The summed E-state index contributed by atoms with van der Waals surface area (Å²) < 4.78 is 28.2. The first-order valence-corrected chi connectivity index (χ1v) is 7.33. The maximum atomic E-state index is 12.1. The number of anilines is 1. The fourth-order valence-corrected chi connectivity index (χ4v) is 2.42. The van der Waals surface area contributed by atoms with E-state index in [4.69, 9.17) is 5.26 Å². The Balaban J connectivity index is 2.28. The molecule has 0 spiro atoms. The van der Waals surface area contributed by atoms with Crippen LogP contribution in [0.4, 0.5) is 5.82 Å². The first-order chi connectivity index (χ1) is 9.42. The van der Waals surface area contributed by atoms with Crippen molar-refractivity contribution in [1.29, 1.82) is 5.26 Å². The number of nitriles is 1. The number of hydrogen-bond acceptors (Lipinski definition) is 5. The standard InChI is InChI=1S/C12H13N5O2S/c1-9(2)17-7-12(15-8-17)20(18,19)16-11-5-10(6-13)3-4-14-11/h3-5,7-9H,1-2H3,(H,14,16). The van der Waals surface area contributed by atoms with Gasteiger partial charge in [0.15, 0.2) is 5.03 Å².